The zero-order valence-corrected chi connectivity index (χ0v) is 6.60. The summed E-state index contributed by atoms with van der Waals surface area (Å²) < 4.78 is 9.92. The molecule has 0 bridgehead atoms. The van der Waals surface area contributed by atoms with Gasteiger partial charge in [0.05, 0.1) is 0 Å². The number of aromatic nitrogens is 2. The van der Waals surface area contributed by atoms with Gasteiger partial charge in [-0.2, -0.15) is 0 Å². The van der Waals surface area contributed by atoms with Gasteiger partial charge in [-0.1, -0.05) is 0 Å². The van der Waals surface area contributed by atoms with E-state index in [1.54, 1.807) is 18.3 Å². The maximum atomic E-state index is 5.34. The van der Waals surface area contributed by atoms with Crippen molar-refractivity contribution in [2.75, 3.05) is 6.61 Å². The molecule has 0 radical (unpaired) electrons. The van der Waals surface area contributed by atoms with E-state index in [1.165, 1.54) is 0 Å². The molecule has 5 nitrogen and oxygen atoms in total. The van der Waals surface area contributed by atoms with Gasteiger partial charge in [-0.3, -0.25) is 4.99 Å². The summed E-state index contributed by atoms with van der Waals surface area (Å²) in [5.41, 5.74) is 2.16. The van der Waals surface area contributed by atoms with Crippen LogP contribution in [0.5, 0.6) is 5.75 Å². The van der Waals surface area contributed by atoms with E-state index in [4.69, 9.17) is 4.74 Å². The molecule has 2 heterocycles. The number of rotatable bonds is 0. The molecule has 0 saturated carbocycles. The molecule has 1 aliphatic heterocycles. The Bertz CT molecular complexity index is 489. The van der Waals surface area contributed by atoms with Gasteiger partial charge in [0, 0.05) is 12.3 Å². The monoisotopic (exact) mass is 175 g/mol. The second-order valence-electron chi connectivity index (χ2n) is 2.70. The fourth-order valence-corrected chi connectivity index (χ4v) is 1.28. The molecular weight excluding hydrogens is 170 g/mol. The van der Waals surface area contributed by atoms with Crippen molar-refractivity contribution in [3.8, 4) is 5.75 Å². The van der Waals surface area contributed by atoms with Crippen LogP contribution in [0.15, 0.2) is 21.8 Å². The van der Waals surface area contributed by atoms with E-state index < -0.39 is 0 Å². The molecule has 5 heteroatoms. The molecule has 1 aromatic carbocycles. The fraction of sp³-hybridized carbons (Fsp3) is 0.125. The van der Waals surface area contributed by atoms with Crippen LogP contribution in [0.25, 0.3) is 11.0 Å². The van der Waals surface area contributed by atoms with Gasteiger partial charge in [-0.15, -0.1) is 0 Å². The minimum atomic E-state index is 0.504. The van der Waals surface area contributed by atoms with Crippen LogP contribution in [0.3, 0.4) is 0 Å². The van der Waals surface area contributed by atoms with Gasteiger partial charge in [-0.05, 0) is 16.4 Å². The topological polar surface area (TPSA) is 60.5 Å². The lowest BCUT2D eigenvalue weighted by Crippen LogP contribution is -2.02. The van der Waals surface area contributed by atoms with Crippen molar-refractivity contribution >= 4 is 22.9 Å². The number of nitrogens with zero attached hydrogens (tertiary/aromatic N) is 3. The van der Waals surface area contributed by atoms with E-state index in [1.807, 2.05) is 0 Å². The Kier molecular flexibility index (Phi) is 1.16. The molecule has 1 aliphatic rings. The zero-order valence-electron chi connectivity index (χ0n) is 6.60. The minimum absolute atomic E-state index is 0.504. The van der Waals surface area contributed by atoms with Crippen LogP contribution in [0, 0.1) is 0 Å². The van der Waals surface area contributed by atoms with Crippen molar-refractivity contribution in [1.29, 1.82) is 0 Å². The van der Waals surface area contributed by atoms with Crippen molar-refractivity contribution in [3.05, 3.63) is 12.1 Å². The first-order valence-corrected chi connectivity index (χ1v) is 3.85. The third-order valence-electron chi connectivity index (χ3n) is 1.88. The SMILES string of the molecule is C1=Nc2cc3nonc3cc2OC1. The van der Waals surface area contributed by atoms with Crippen molar-refractivity contribution in [1.82, 2.24) is 10.3 Å². The van der Waals surface area contributed by atoms with E-state index in [-0.39, 0.29) is 0 Å². The molecule has 0 N–H and O–H groups in total. The summed E-state index contributed by atoms with van der Waals surface area (Å²) in [6, 6.07) is 3.56. The van der Waals surface area contributed by atoms with E-state index >= 15 is 0 Å². The third kappa shape index (κ3) is 0.900. The molecule has 0 atom stereocenters. The van der Waals surface area contributed by atoms with Crippen molar-refractivity contribution in [3.63, 3.8) is 0 Å². The molecule has 64 valence electrons. The summed E-state index contributed by atoms with van der Waals surface area (Å²) >= 11 is 0. The molecule has 0 saturated heterocycles. The second-order valence-corrected chi connectivity index (χ2v) is 2.70. The molecule has 3 rings (SSSR count). The van der Waals surface area contributed by atoms with Gasteiger partial charge >= 0.3 is 0 Å². The lowest BCUT2D eigenvalue weighted by Gasteiger charge is -2.09. The first-order chi connectivity index (χ1) is 6.43. The van der Waals surface area contributed by atoms with Crippen LogP contribution < -0.4 is 4.74 Å². The Morgan fingerprint density at radius 1 is 1.15 bits per heavy atom. The van der Waals surface area contributed by atoms with E-state index in [9.17, 15) is 0 Å². The Morgan fingerprint density at radius 2 is 2.00 bits per heavy atom. The highest BCUT2D eigenvalue weighted by molar-refractivity contribution is 5.83. The molecule has 13 heavy (non-hydrogen) atoms. The van der Waals surface area contributed by atoms with E-state index in [0.717, 1.165) is 11.4 Å². The highest BCUT2D eigenvalue weighted by Crippen LogP contribution is 2.32. The van der Waals surface area contributed by atoms with Crippen LogP contribution in [-0.2, 0) is 0 Å². The highest BCUT2D eigenvalue weighted by Gasteiger charge is 2.10. The van der Waals surface area contributed by atoms with Crippen molar-refractivity contribution in [2.24, 2.45) is 4.99 Å². The Morgan fingerprint density at radius 3 is 2.92 bits per heavy atom. The number of hydrogen-bond donors (Lipinski definition) is 0. The Hall–Kier alpha value is -1.91. The lowest BCUT2D eigenvalue weighted by atomic mass is 10.2. The van der Waals surface area contributed by atoms with Crippen LogP contribution >= 0.6 is 0 Å². The summed E-state index contributed by atoms with van der Waals surface area (Å²) in [6.45, 7) is 0.504. The first kappa shape index (κ1) is 6.59. The first-order valence-electron chi connectivity index (χ1n) is 3.85. The normalized spacial score (nSPS) is 14.2. The number of aliphatic imine (C=N–C) groups is 1. The van der Waals surface area contributed by atoms with Gasteiger partial charge in [0.15, 0.2) is 0 Å². The maximum Gasteiger partial charge on any atom is 0.147 e. The molecular formula is C8H5N3O2. The van der Waals surface area contributed by atoms with Crippen LogP contribution in [0.2, 0.25) is 0 Å². The molecule has 0 amide bonds. The molecule has 2 aromatic rings. The van der Waals surface area contributed by atoms with Crippen LogP contribution in [0.4, 0.5) is 5.69 Å². The lowest BCUT2D eigenvalue weighted by molar-refractivity contribution is 0.315. The number of benzene rings is 1. The molecule has 0 spiro atoms. The third-order valence-corrected chi connectivity index (χ3v) is 1.88. The minimum Gasteiger partial charge on any atom is -0.486 e. The number of ether oxygens (including phenoxy) is 1. The van der Waals surface area contributed by atoms with Gasteiger partial charge in [0.25, 0.3) is 0 Å². The van der Waals surface area contributed by atoms with Gasteiger partial charge in [0.2, 0.25) is 0 Å². The predicted octanol–water partition coefficient (Wildman–Crippen LogP) is 1.32. The summed E-state index contributed by atoms with van der Waals surface area (Å²) in [7, 11) is 0. The van der Waals surface area contributed by atoms with Crippen LogP contribution in [0.1, 0.15) is 0 Å². The Balaban J connectivity index is 2.36. The summed E-state index contributed by atoms with van der Waals surface area (Å²) in [5, 5.41) is 7.42. The van der Waals surface area contributed by atoms with E-state index in [2.05, 4.69) is 19.9 Å². The zero-order chi connectivity index (χ0) is 8.67. The van der Waals surface area contributed by atoms with Crippen LogP contribution in [-0.4, -0.2) is 23.1 Å². The smallest absolute Gasteiger partial charge is 0.147 e. The molecule has 0 aliphatic carbocycles. The van der Waals surface area contributed by atoms with Gasteiger partial charge in [-0.25, -0.2) is 4.63 Å². The largest absolute Gasteiger partial charge is 0.486 e. The number of fused-ring (bicyclic) bond motifs is 2. The van der Waals surface area contributed by atoms with Gasteiger partial charge in [0.1, 0.15) is 29.1 Å². The quantitative estimate of drug-likeness (QED) is 0.605. The molecule has 0 unspecified atom stereocenters. The summed E-state index contributed by atoms with van der Waals surface area (Å²) in [5.74, 6) is 0.728. The van der Waals surface area contributed by atoms with E-state index in [0.29, 0.717) is 17.6 Å². The van der Waals surface area contributed by atoms with Crippen molar-refractivity contribution < 1.29 is 9.37 Å². The number of hydrogen-bond acceptors (Lipinski definition) is 5. The summed E-state index contributed by atoms with van der Waals surface area (Å²) in [4.78, 5) is 4.16. The molecule has 1 aromatic heterocycles. The highest BCUT2D eigenvalue weighted by atomic mass is 16.6. The summed E-state index contributed by atoms with van der Waals surface area (Å²) in [6.07, 6.45) is 1.71. The molecule has 0 fully saturated rings. The average molecular weight is 175 g/mol. The van der Waals surface area contributed by atoms with Gasteiger partial charge < -0.3 is 4.74 Å². The fourth-order valence-electron chi connectivity index (χ4n) is 1.28. The second kappa shape index (κ2) is 2.29. The van der Waals surface area contributed by atoms with Crippen molar-refractivity contribution in [2.45, 2.75) is 0 Å². The Labute approximate surface area is 73.0 Å². The predicted molar refractivity (Wildman–Crippen MR) is 45.5 cm³/mol. The standard InChI is InChI=1S/C8H5N3O2/c1-2-12-8-4-6-5(10-13-11-6)3-7(8)9-1/h1,3-4H,2H2. The average Bonchev–Trinajstić information content (AvgIpc) is 2.61. The maximum absolute atomic E-state index is 5.34.